The van der Waals surface area contributed by atoms with Crippen molar-refractivity contribution in [3.05, 3.63) is 29.6 Å². The van der Waals surface area contributed by atoms with Gasteiger partial charge in [-0.25, -0.2) is 15.6 Å². The van der Waals surface area contributed by atoms with Crippen LogP contribution in [0.4, 0.5) is 4.79 Å². The number of nitrogen functional groups attached to an aromatic ring is 1. The van der Waals surface area contributed by atoms with Crippen molar-refractivity contribution < 1.29 is 14.3 Å². The van der Waals surface area contributed by atoms with Gasteiger partial charge in [-0.15, -0.1) is 0 Å². The van der Waals surface area contributed by atoms with E-state index in [-0.39, 0.29) is 6.04 Å². The molecule has 0 spiro atoms. The smallest absolute Gasteiger partial charge is 0.407 e. The maximum absolute atomic E-state index is 11.4. The van der Waals surface area contributed by atoms with Crippen molar-refractivity contribution in [1.29, 1.82) is 0 Å². The van der Waals surface area contributed by atoms with Crippen LogP contribution in [0, 0.1) is 0 Å². The molecule has 1 aromatic rings. The fourth-order valence-electron chi connectivity index (χ4n) is 2.32. The number of aromatic nitrogens is 1. The van der Waals surface area contributed by atoms with Crippen molar-refractivity contribution in [3.63, 3.8) is 0 Å². The number of pyridine rings is 1. The van der Waals surface area contributed by atoms with E-state index in [1.54, 1.807) is 12.1 Å². The number of likely N-dealkylation sites (tertiary alicyclic amines) is 1. The largest absolute Gasteiger partial charge is 0.453 e. The second-order valence-corrected chi connectivity index (χ2v) is 4.84. The number of hydrazine groups is 1. The second kappa shape index (κ2) is 7.00. The molecule has 21 heavy (non-hydrogen) atoms. The molecule has 1 atom stereocenters. The fraction of sp³-hybridized carbons (Fsp3) is 0.462. The molecule has 1 unspecified atom stereocenters. The number of nitrogens with one attached hydrogen (secondary N) is 2. The van der Waals surface area contributed by atoms with Gasteiger partial charge < -0.3 is 10.1 Å². The molecule has 1 fully saturated rings. The lowest BCUT2D eigenvalue weighted by molar-refractivity contribution is 0.0948. The minimum Gasteiger partial charge on any atom is -0.453 e. The van der Waals surface area contributed by atoms with Gasteiger partial charge in [0.1, 0.15) is 5.69 Å². The molecule has 2 rings (SSSR count). The number of carbonyl (C=O) groups is 2. The average molecular weight is 293 g/mol. The number of alkyl carbamates (subject to hydrolysis) is 1. The molecule has 4 N–H and O–H groups in total. The minimum absolute atomic E-state index is 0.0768. The molecular formula is C13H19N5O3. The quantitative estimate of drug-likeness (QED) is 0.396. The third-order valence-corrected chi connectivity index (χ3v) is 3.34. The SMILES string of the molecule is COC(=O)NC1CCN(Cc2cccc(C(=O)NN)n2)C1. The van der Waals surface area contributed by atoms with Crippen molar-refractivity contribution in [2.75, 3.05) is 20.2 Å². The molecule has 0 bridgehead atoms. The monoisotopic (exact) mass is 293 g/mol. The van der Waals surface area contributed by atoms with Gasteiger partial charge in [-0.3, -0.25) is 15.1 Å². The third-order valence-electron chi connectivity index (χ3n) is 3.34. The zero-order valence-corrected chi connectivity index (χ0v) is 11.8. The molecule has 2 heterocycles. The molecular weight excluding hydrogens is 274 g/mol. The molecule has 0 saturated carbocycles. The first-order chi connectivity index (χ1) is 10.1. The third kappa shape index (κ3) is 4.14. The highest BCUT2D eigenvalue weighted by Crippen LogP contribution is 2.13. The van der Waals surface area contributed by atoms with Crippen LogP contribution in [0.3, 0.4) is 0 Å². The molecule has 2 amide bonds. The first-order valence-corrected chi connectivity index (χ1v) is 6.66. The number of nitrogens with two attached hydrogens (primary N) is 1. The molecule has 1 saturated heterocycles. The van der Waals surface area contributed by atoms with Crippen LogP contribution in [0.25, 0.3) is 0 Å². The Morgan fingerprint density at radius 2 is 2.33 bits per heavy atom. The summed E-state index contributed by atoms with van der Waals surface area (Å²) in [5.41, 5.74) is 3.14. The van der Waals surface area contributed by atoms with Gasteiger partial charge in [-0.1, -0.05) is 6.07 Å². The normalized spacial score (nSPS) is 18.3. The standard InChI is InChI=1S/C13H19N5O3/c1-21-13(20)16-10-5-6-18(8-10)7-9-3-2-4-11(15-9)12(19)17-14/h2-4,10H,5-8,14H2,1H3,(H,16,20)(H,17,19). The van der Waals surface area contributed by atoms with Crippen molar-refractivity contribution >= 4 is 12.0 Å². The van der Waals surface area contributed by atoms with E-state index >= 15 is 0 Å². The predicted molar refractivity (Wildman–Crippen MR) is 75.1 cm³/mol. The van der Waals surface area contributed by atoms with Crippen LogP contribution in [0.5, 0.6) is 0 Å². The maximum atomic E-state index is 11.4. The number of hydrogen-bond donors (Lipinski definition) is 3. The zero-order chi connectivity index (χ0) is 15.2. The predicted octanol–water partition coefficient (Wildman–Crippen LogP) is -0.385. The Morgan fingerprint density at radius 1 is 1.52 bits per heavy atom. The molecule has 0 radical (unpaired) electrons. The van der Waals surface area contributed by atoms with Gasteiger partial charge in [0.25, 0.3) is 5.91 Å². The summed E-state index contributed by atoms with van der Waals surface area (Å²) >= 11 is 0. The Bertz CT molecular complexity index is 522. The van der Waals surface area contributed by atoms with Crippen molar-refractivity contribution in [2.45, 2.75) is 19.0 Å². The summed E-state index contributed by atoms with van der Waals surface area (Å²) in [7, 11) is 1.35. The van der Waals surface area contributed by atoms with Crippen LogP contribution < -0.4 is 16.6 Å². The van der Waals surface area contributed by atoms with Gasteiger partial charge in [0, 0.05) is 25.7 Å². The topological polar surface area (TPSA) is 110 Å². The molecule has 8 nitrogen and oxygen atoms in total. The molecule has 1 aromatic heterocycles. The summed E-state index contributed by atoms with van der Waals surface area (Å²) < 4.78 is 4.58. The Balaban J connectivity index is 1.91. The van der Waals surface area contributed by atoms with Crippen molar-refractivity contribution in [3.8, 4) is 0 Å². The Kier molecular flexibility index (Phi) is 5.07. The number of methoxy groups -OCH3 is 1. The summed E-state index contributed by atoms with van der Waals surface area (Å²) in [4.78, 5) is 29.0. The van der Waals surface area contributed by atoms with E-state index in [0.717, 1.165) is 25.2 Å². The average Bonchev–Trinajstić information content (AvgIpc) is 2.93. The molecule has 1 aliphatic rings. The Morgan fingerprint density at radius 3 is 3.05 bits per heavy atom. The van der Waals surface area contributed by atoms with Crippen LogP contribution in [0.15, 0.2) is 18.2 Å². The van der Waals surface area contributed by atoms with E-state index in [9.17, 15) is 9.59 Å². The van der Waals surface area contributed by atoms with Crippen LogP contribution in [-0.4, -0.2) is 48.1 Å². The summed E-state index contributed by atoms with van der Waals surface area (Å²) in [6.07, 6.45) is 0.444. The van der Waals surface area contributed by atoms with E-state index in [0.29, 0.717) is 12.2 Å². The van der Waals surface area contributed by atoms with Crippen LogP contribution in [-0.2, 0) is 11.3 Å². The van der Waals surface area contributed by atoms with Crippen molar-refractivity contribution in [1.82, 2.24) is 20.6 Å². The Labute approximate surface area is 122 Å². The van der Waals surface area contributed by atoms with Crippen LogP contribution in [0.2, 0.25) is 0 Å². The van der Waals surface area contributed by atoms with Gasteiger partial charge in [-0.05, 0) is 18.6 Å². The lowest BCUT2D eigenvalue weighted by Crippen LogP contribution is -2.36. The van der Waals surface area contributed by atoms with E-state index < -0.39 is 12.0 Å². The molecule has 0 aromatic carbocycles. The van der Waals surface area contributed by atoms with Gasteiger partial charge in [0.2, 0.25) is 0 Å². The molecule has 1 aliphatic heterocycles. The lowest BCUT2D eigenvalue weighted by atomic mass is 10.2. The summed E-state index contributed by atoms with van der Waals surface area (Å²) in [5, 5.41) is 2.78. The van der Waals surface area contributed by atoms with E-state index in [1.165, 1.54) is 7.11 Å². The number of amides is 2. The lowest BCUT2D eigenvalue weighted by Gasteiger charge is -2.16. The first kappa shape index (κ1) is 15.2. The summed E-state index contributed by atoms with van der Waals surface area (Å²) in [6, 6.07) is 5.31. The van der Waals surface area contributed by atoms with E-state index in [1.807, 2.05) is 6.07 Å². The molecule has 114 valence electrons. The number of carbonyl (C=O) groups excluding carboxylic acids is 2. The summed E-state index contributed by atoms with van der Waals surface area (Å²) in [5.74, 6) is 4.68. The molecule has 8 heteroatoms. The first-order valence-electron chi connectivity index (χ1n) is 6.66. The number of rotatable bonds is 4. The van der Waals surface area contributed by atoms with Gasteiger partial charge in [0.15, 0.2) is 0 Å². The number of nitrogens with zero attached hydrogens (tertiary/aromatic N) is 2. The van der Waals surface area contributed by atoms with Gasteiger partial charge in [-0.2, -0.15) is 0 Å². The zero-order valence-electron chi connectivity index (χ0n) is 11.8. The highest BCUT2D eigenvalue weighted by Gasteiger charge is 2.24. The molecule has 0 aliphatic carbocycles. The van der Waals surface area contributed by atoms with Gasteiger partial charge in [0.05, 0.1) is 12.8 Å². The number of ether oxygens (including phenoxy) is 1. The minimum atomic E-state index is -0.415. The fourth-order valence-corrected chi connectivity index (χ4v) is 2.32. The Hall–Kier alpha value is -2.19. The van der Waals surface area contributed by atoms with E-state index in [4.69, 9.17) is 5.84 Å². The maximum Gasteiger partial charge on any atom is 0.407 e. The van der Waals surface area contributed by atoms with Crippen LogP contribution in [0.1, 0.15) is 22.6 Å². The number of hydrogen-bond acceptors (Lipinski definition) is 6. The highest BCUT2D eigenvalue weighted by molar-refractivity contribution is 5.91. The second-order valence-electron chi connectivity index (χ2n) is 4.84. The highest BCUT2D eigenvalue weighted by atomic mass is 16.5. The van der Waals surface area contributed by atoms with E-state index in [2.05, 4.69) is 25.4 Å². The summed E-state index contributed by atoms with van der Waals surface area (Å²) in [6.45, 7) is 2.19. The van der Waals surface area contributed by atoms with Crippen molar-refractivity contribution in [2.24, 2.45) is 5.84 Å². The van der Waals surface area contributed by atoms with Gasteiger partial charge >= 0.3 is 6.09 Å². The van der Waals surface area contributed by atoms with Crippen LogP contribution >= 0.6 is 0 Å².